The van der Waals surface area contributed by atoms with Crippen LogP contribution in [0.1, 0.15) is 130 Å². The molecule has 17 aromatic rings. The molecule has 0 aliphatic carbocycles. The number of nitrogens with zero attached hydrogens (tertiary/aromatic N) is 14. The molecule has 0 aliphatic rings. The molecule has 0 saturated heterocycles. The number of aromatic amines is 2. The summed E-state index contributed by atoms with van der Waals surface area (Å²) in [7, 11) is 0.509. The second kappa shape index (κ2) is 47.4. The van der Waals surface area contributed by atoms with Crippen LogP contribution in [0.15, 0.2) is 202 Å². The number of nitrogens with one attached hydrogen (secondary N) is 4. The van der Waals surface area contributed by atoms with Gasteiger partial charge in [-0.1, -0.05) is 72.8 Å². The van der Waals surface area contributed by atoms with Crippen LogP contribution in [-0.2, 0) is 14.3 Å². The second-order valence-corrected chi connectivity index (χ2v) is 34.2. The number of carbonyl (C=O) groups excluding carboxylic acids is 1. The summed E-state index contributed by atoms with van der Waals surface area (Å²) in [6.07, 6.45) is -1.10. The number of carbonyl (C=O) groups is 3. The van der Waals surface area contributed by atoms with Crippen molar-refractivity contribution >= 4 is 178 Å². The van der Waals surface area contributed by atoms with Gasteiger partial charge in [0.15, 0.2) is 43.1 Å². The summed E-state index contributed by atoms with van der Waals surface area (Å²) in [4.78, 5) is 134. The number of halogens is 9. The quantitative estimate of drug-likeness (QED) is 0.0275. The molecule has 5 atom stereocenters. The van der Waals surface area contributed by atoms with Gasteiger partial charge in [-0.15, -0.1) is 45.3 Å². The highest BCUT2D eigenvalue weighted by Gasteiger charge is 2.38. The molecule has 0 saturated carbocycles. The zero-order chi connectivity index (χ0) is 96.5. The van der Waals surface area contributed by atoms with E-state index >= 15 is 0 Å². The number of carboxylic acid groups (broad SMARTS) is 2. The number of nitrogens with two attached hydrogens (primary N) is 1. The van der Waals surface area contributed by atoms with Gasteiger partial charge in [0.25, 0.3) is 22.2 Å². The maximum absolute atomic E-state index is 14.0. The van der Waals surface area contributed by atoms with E-state index in [-0.39, 0.29) is 72.4 Å². The van der Waals surface area contributed by atoms with Crippen LogP contribution in [0, 0.1) is 51.0 Å². The van der Waals surface area contributed by atoms with Crippen LogP contribution in [0.3, 0.4) is 0 Å². The lowest BCUT2D eigenvalue weighted by Gasteiger charge is -2.22. The number of aliphatic hydroxyl groups is 1. The fourth-order valence-electron chi connectivity index (χ4n) is 12.2. The van der Waals surface area contributed by atoms with Gasteiger partial charge in [0, 0.05) is 56.4 Å². The van der Waals surface area contributed by atoms with Crippen LogP contribution in [0.25, 0.3) is 75.6 Å². The normalized spacial score (nSPS) is 12.0. The Kier molecular flexibility index (Phi) is 37.8. The summed E-state index contributed by atoms with van der Waals surface area (Å²) >= 11 is 12.1. The lowest BCUT2D eigenvalue weighted by Crippen LogP contribution is -2.52. The van der Waals surface area contributed by atoms with Crippen LogP contribution < -0.4 is 49.0 Å². The third-order valence-electron chi connectivity index (χ3n) is 18.1. The van der Waals surface area contributed by atoms with Crippen molar-refractivity contribution in [3.63, 3.8) is 0 Å². The van der Waals surface area contributed by atoms with E-state index in [9.17, 15) is 59.5 Å². The minimum atomic E-state index is -5.08. The highest BCUT2D eigenvalue weighted by atomic mass is 79.9. The average Bonchev–Trinajstić information content (AvgIpc) is 1.53. The van der Waals surface area contributed by atoms with Crippen molar-refractivity contribution in [2.24, 2.45) is 5.73 Å². The second-order valence-electron chi connectivity index (χ2n) is 29.3. The molecule has 703 valence electrons. The Balaban J connectivity index is 0.000000196. The summed E-state index contributed by atoms with van der Waals surface area (Å²) in [5.41, 5.74) is 19.2. The van der Waals surface area contributed by atoms with Gasteiger partial charge in [0.2, 0.25) is 0 Å². The van der Waals surface area contributed by atoms with Gasteiger partial charge in [-0.2, -0.15) is 40.2 Å². The Hall–Kier alpha value is -12.6. The van der Waals surface area contributed by atoms with Gasteiger partial charge in [-0.3, -0.25) is 36.8 Å². The minimum absolute atomic E-state index is 0. The number of alkyl carbamates (subject to hydrolysis) is 1. The molecular weight excluding hydrogens is 2010 g/mol. The molecule has 13 N–H and O–H groups in total. The Morgan fingerprint density at radius 1 is 0.537 bits per heavy atom. The molecule has 0 bridgehead atoms. The lowest BCUT2D eigenvalue weighted by atomic mass is 10.0. The molecule has 1 radical (unpaired) electrons. The number of amides is 1. The molecule has 33 nitrogen and oxygen atoms in total. The SMILES string of the molecule is Brc1ncnc2nc[nH]c12.Cc1csc2nc([C@H](C)N)c(-c3cccc(F)c3)c(=O)n12.Cc1csc2nc([C@H](C)NC(=O)OC(C)(C)C)c(-c3cccc(F)c3)c(=O)n12.Cc1csc2nc([C@H](C)Nc3ncnc4nc[nH]c34)c(-c3cccc(F)c3)c(=O)n12.Cc1csc2nc([C@H](C)[NH3+])c(Br)c(=O)n12.O=C(O)C(F)(F)F.O=C(O)[C@@H](O)c1ccccc1.O[B]Oc1cccc(F)c1.S.S. The predicted molar refractivity (Wildman–Crippen MR) is 513 cm³/mol. The van der Waals surface area contributed by atoms with Gasteiger partial charge >= 0.3 is 31.9 Å². The Labute approximate surface area is 802 Å². The van der Waals surface area contributed by atoms with Crippen molar-refractivity contribution in [2.45, 2.75) is 118 Å². The highest BCUT2D eigenvalue weighted by Crippen LogP contribution is 2.33. The van der Waals surface area contributed by atoms with Crippen molar-refractivity contribution in [1.82, 2.24) is 82.7 Å². The van der Waals surface area contributed by atoms with Crippen molar-refractivity contribution < 1.29 is 80.6 Å². The molecule has 0 unspecified atom stereocenters. The Bertz CT molecular complexity index is 7260. The number of carboxylic acids is 2. The smallest absolute Gasteiger partial charge is 0.537 e. The number of imidazole rings is 2. The molecule has 0 fully saturated rings. The van der Waals surface area contributed by atoms with E-state index in [0.717, 1.165) is 43.6 Å². The topological polar surface area (TPSA) is 475 Å². The zero-order valence-corrected chi connectivity index (χ0v) is 80.7. The first kappa shape index (κ1) is 107. The highest BCUT2D eigenvalue weighted by molar-refractivity contribution is 9.10. The number of hydrogen-bond acceptors (Lipinski definition) is 27. The standard InChI is InChI=1S/C20H16FN7OS.C20H22FN3O3S.C15H14FN3OS.C9H10BrN3OS.C8H8O3.C6H5BFO2.C5H3BrN4.C2HF3O2.2H2S/c1-10-7-30-20-27-15(11(2)26-18-16-17(23-8-22-16)24-9-25-18)14(19(29)28(10)20)12-4-3-5-13(21)6-12;1-11-10-28-18-23-16(12(2)22-19(26)27-20(3,4)5)15(17(25)24(11)18)13-7-6-8-14(21)9-13;1-8-7-21-15-18-13(9(2)17)12(14(20)19(8)15)10-4-3-5-11(16)6-10;1-4-3-15-9-12-7(5(2)11)6(10)8(14)13(4)9;9-7(8(10)11)6-4-2-1-3-5-6;8-5-2-1-3-6(4-5)10-7-9;6-4-3-5(9-1-7-3)10-2-8-4;3-2(4,5)1(6)7;;/h3-9,11H,1-2H3,(H2,22,23,24,25,26);6-10,12H,1-5H3,(H,22,26);3-7,9H,17H2,1-2H3;3,5H,11H2,1-2H3;1-5,7,9H,(H,10,11);1-4,9H;1-2H,(H,7,8,9,10);(H,6,7);2*1H2/p+1/t11-;12-;9-;5-;7-;;;;;/m00000...../s1. The summed E-state index contributed by atoms with van der Waals surface area (Å²) < 4.78 is 103. The first-order valence-electron chi connectivity index (χ1n) is 38.9. The molecule has 0 aliphatic heterocycles. The van der Waals surface area contributed by atoms with Gasteiger partial charge in [-0.25, -0.2) is 81.8 Å². The first-order valence-corrected chi connectivity index (χ1v) is 44.0. The van der Waals surface area contributed by atoms with Crippen LogP contribution in [0.2, 0.25) is 0 Å². The molecule has 49 heteroatoms. The Morgan fingerprint density at radius 2 is 0.925 bits per heavy atom. The number of aliphatic hydroxyl groups excluding tert-OH is 1. The number of thiazole rings is 4. The van der Waals surface area contributed by atoms with Crippen molar-refractivity contribution in [2.75, 3.05) is 5.32 Å². The Morgan fingerprint density at radius 3 is 1.32 bits per heavy atom. The monoisotopic (exact) mass is 2090 g/mol. The number of ether oxygens (including phenoxy) is 1. The van der Waals surface area contributed by atoms with Crippen molar-refractivity contribution in [3.05, 3.63) is 299 Å². The fraction of sp³-hybridized carbons (Fsp3) is 0.212. The van der Waals surface area contributed by atoms with E-state index in [1.165, 1.54) is 134 Å². The number of anilines is 1. The first-order chi connectivity index (χ1) is 62.5. The van der Waals surface area contributed by atoms with E-state index in [0.29, 0.717) is 100 Å². The van der Waals surface area contributed by atoms with Crippen LogP contribution in [-0.4, -0.2) is 135 Å². The van der Waals surface area contributed by atoms with E-state index in [2.05, 4.69) is 108 Å². The summed E-state index contributed by atoms with van der Waals surface area (Å²) in [6, 6.07) is 30.1. The predicted octanol–water partition coefficient (Wildman–Crippen LogP) is 15.7. The number of H-pyrrole nitrogens is 2. The van der Waals surface area contributed by atoms with Gasteiger partial charge < -0.3 is 61.8 Å². The minimum Gasteiger partial charge on any atom is -0.537 e. The summed E-state index contributed by atoms with van der Waals surface area (Å²) in [5, 5.41) is 46.1. The van der Waals surface area contributed by atoms with Crippen LogP contribution >= 0.6 is 104 Å². The third kappa shape index (κ3) is 26.9. The summed E-state index contributed by atoms with van der Waals surface area (Å²) in [6.45, 7) is 20.0. The molecule has 12 aromatic heterocycles. The number of aliphatic carboxylic acids is 2. The largest absolute Gasteiger partial charge is 0.569 e. The van der Waals surface area contributed by atoms with E-state index in [1.807, 2.05) is 63.1 Å². The number of benzene rings is 5. The summed E-state index contributed by atoms with van der Waals surface area (Å²) in [5.74, 6) is -4.82. The van der Waals surface area contributed by atoms with Gasteiger partial charge in [0.1, 0.15) is 79.1 Å². The maximum Gasteiger partial charge on any atom is 0.569 e. The number of alkyl halides is 3. The number of hydrogen-bond donors (Lipinski definition) is 10. The zero-order valence-electron chi connectivity index (χ0n) is 72.3. The van der Waals surface area contributed by atoms with Gasteiger partial charge in [0.05, 0.1) is 58.5 Å². The molecule has 12 heterocycles. The maximum atomic E-state index is 14.0. The van der Waals surface area contributed by atoms with Crippen LogP contribution in [0.5, 0.6) is 5.75 Å². The van der Waals surface area contributed by atoms with Gasteiger partial charge in [-0.05, 0) is 179 Å². The molecule has 5 aromatic carbocycles. The fourth-order valence-corrected chi connectivity index (χ4v) is 16.7. The molecule has 17 rings (SSSR count). The number of aromatic nitrogens is 16. The van der Waals surface area contributed by atoms with E-state index < -0.39 is 71.5 Å². The van der Waals surface area contributed by atoms with Crippen molar-refractivity contribution in [3.8, 4) is 39.1 Å². The molecule has 1 amide bonds. The van der Waals surface area contributed by atoms with Crippen LogP contribution in [0.4, 0.5) is 41.3 Å². The molecule has 134 heavy (non-hydrogen) atoms. The molecular formula is C85H84BBr2F7N20O13S6+. The number of rotatable bonds is 14. The average molecular weight is 2090 g/mol. The lowest BCUT2D eigenvalue weighted by molar-refractivity contribution is -0.421. The third-order valence-corrected chi connectivity index (χ3v) is 23.3. The molecule has 0 spiro atoms. The number of fused-ring (bicyclic) bond motifs is 6. The number of quaternary nitrogens is 1. The number of aryl methyl sites for hydroxylation is 4. The van der Waals surface area contributed by atoms with Crippen molar-refractivity contribution in [1.29, 1.82) is 0 Å². The van der Waals surface area contributed by atoms with E-state index in [1.54, 1.807) is 117 Å². The van der Waals surface area contributed by atoms with E-state index in [4.69, 9.17) is 40.6 Å².